The summed E-state index contributed by atoms with van der Waals surface area (Å²) in [5.41, 5.74) is 0. The molecule has 0 aliphatic heterocycles. The van der Waals surface area contributed by atoms with E-state index in [1.54, 1.807) is 0 Å². The second-order valence-corrected chi connectivity index (χ2v) is 7.29. The molecular formula is C18H35N. The molecule has 0 saturated heterocycles. The molecule has 0 spiro atoms. The summed E-state index contributed by atoms with van der Waals surface area (Å²) in [7, 11) is 0. The van der Waals surface area contributed by atoms with Crippen LogP contribution in [0, 0.1) is 17.8 Å². The molecule has 0 radical (unpaired) electrons. The van der Waals surface area contributed by atoms with E-state index in [2.05, 4.69) is 19.2 Å². The Morgan fingerprint density at radius 3 is 2.53 bits per heavy atom. The SMILES string of the molecule is CCCC1CCCC(NCC2CCCCC2C)CC1. The summed E-state index contributed by atoms with van der Waals surface area (Å²) < 4.78 is 0. The zero-order valence-electron chi connectivity index (χ0n) is 13.3. The van der Waals surface area contributed by atoms with Crippen molar-refractivity contribution in [3.05, 3.63) is 0 Å². The fraction of sp³-hybridized carbons (Fsp3) is 1.00. The smallest absolute Gasteiger partial charge is 0.00672 e. The summed E-state index contributed by atoms with van der Waals surface area (Å²) in [6.07, 6.45) is 16.0. The molecule has 4 unspecified atom stereocenters. The van der Waals surface area contributed by atoms with Gasteiger partial charge in [0.2, 0.25) is 0 Å². The summed E-state index contributed by atoms with van der Waals surface area (Å²) in [5, 5.41) is 3.92. The van der Waals surface area contributed by atoms with Crippen LogP contribution in [-0.4, -0.2) is 12.6 Å². The van der Waals surface area contributed by atoms with Gasteiger partial charge in [0, 0.05) is 6.04 Å². The van der Waals surface area contributed by atoms with Crippen LogP contribution in [0.15, 0.2) is 0 Å². The van der Waals surface area contributed by atoms with Crippen LogP contribution in [0.1, 0.15) is 84.5 Å². The van der Waals surface area contributed by atoms with Crippen molar-refractivity contribution in [2.24, 2.45) is 17.8 Å². The number of nitrogens with one attached hydrogen (secondary N) is 1. The molecule has 0 aromatic carbocycles. The molecule has 1 nitrogen and oxygen atoms in total. The Kier molecular flexibility index (Phi) is 6.70. The van der Waals surface area contributed by atoms with Gasteiger partial charge in [-0.25, -0.2) is 0 Å². The van der Waals surface area contributed by atoms with Gasteiger partial charge in [0.05, 0.1) is 0 Å². The molecule has 112 valence electrons. The van der Waals surface area contributed by atoms with Crippen molar-refractivity contribution in [3.8, 4) is 0 Å². The van der Waals surface area contributed by atoms with Crippen molar-refractivity contribution in [2.45, 2.75) is 90.5 Å². The van der Waals surface area contributed by atoms with Crippen LogP contribution in [0.3, 0.4) is 0 Å². The van der Waals surface area contributed by atoms with E-state index in [-0.39, 0.29) is 0 Å². The van der Waals surface area contributed by atoms with E-state index in [4.69, 9.17) is 0 Å². The van der Waals surface area contributed by atoms with E-state index in [0.29, 0.717) is 0 Å². The molecule has 0 aromatic rings. The minimum Gasteiger partial charge on any atom is -0.314 e. The molecule has 0 amide bonds. The zero-order chi connectivity index (χ0) is 13.5. The Hall–Kier alpha value is -0.0400. The lowest BCUT2D eigenvalue weighted by Crippen LogP contribution is -2.36. The van der Waals surface area contributed by atoms with Gasteiger partial charge in [-0.15, -0.1) is 0 Å². The molecule has 1 heteroatoms. The summed E-state index contributed by atoms with van der Waals surface area (Å²) in [6, 6.07) is 0.830. The second kappa shape index (κ2) is 8.29. The van der Waals surface area contributed by atoms with Crippen LogP contribution in [0.2, 0.25) is 0 Å². The zero-order valence-corrected chi connectivity index (χ0v) is 13.3. The van der Waals surface area contributed by atoms with Gasteiger partial charge >= 0.3 is 0 Å². The number of hydrogen-bond acceptors (Lipinski definition) is 1. The van der Waals surface area contributed by atoms with Crippen LogP contribution < -0.4 is 5.32 Å². The topological polar surface area (TPSA) is 12.0 Å². The molecule has 2 saturated carbocycles. The highest BCUT2D eigenvalue weighted by molar-refractivity contribution is 4.79. The van der Waals surface area contributed by atoms with Gasteiger partial charge < -0.3 is 5.32 Å². The Balaban J connectivity index is 1.68. The highest BCUT2D eigenvalue weighted by Gasteiger charge is 2.23. The molecule has 0 aromatic heterocycles. The van der Waals surface area contributed by atoms with Crippen LogP contribution in [0.5, 0.6) is 0 Å². The van der Waals surface area contributed by atoms with Gasteiger partial charge in [-0.1, -0.05) is 58.8 Å². The van der Waals surface area contributed by atoms with Gasteiger partial charge in [0.15, 0.2) is 0 Å². The van der Waals surface area contributed by atoms with E-state index < -0.39 is 0 Å². The van der Waals surface area contributed by atoms with Crippen LogP contribution in [0.4, 0.5) is 0 Å². The Bertz CT molecular complexity index is 238. The summed E-state index contributed by atoms with van der Waals surface area (Å²) in [5.74, 6) is 2.95. The fourth-order valence-electron chi connectivity index (χ4n) is 4.29. The molecule has 19 heavy (non-hydrogen) atoms. The Morgan fingerprint density at radius 1 is 0.895 bits per heavy atom. The highest BCUT2D eigenvalue weighted by Crippen LogP contribution is 2.30. The van der Waals surface area contributed by atoms with Crippen molar-refractivity contribution in [3.63, 3.8) is 0 Å². The second-order valence-electron chi connectivity index (χ2n) is 7.29. The van der Waals surface area contributed by atoms with E-state index in [1.807, 2.05) is 0 Å². The predicted molar refractivity (Wildman–Crippen MR) is 84.4 cm³/mol. The maximum atomic E-state index is 3.92. The molecule has 0 bridgehead atoms. The third-order valence-electron chi connectivity index (χ3n) is 5.74. The first-order valence-corrected chi connectivity index (χ1v) is 9.03. The first kappa shape index (κ1) is 15.4. The van der Waals surface area contributed by atoms with Gasteiger partial charge in [-0.05, 0) is 50.0 Å². The summed E-state index contributed by atoms with van der Waals surface area (Å²) in [6.45, 7) is 6.10. The van der Waals surface area contributed by atoms with Crippen molar-refractivity contribution in [1.82, 2.24) is 5.32 Å². The van der Waals surface area contributed by atoms with Crippen LogP contribution in [-0.2, 0) is 0 Å². The number of rotatable bonds is 5. The van der Waals surface area contributed by atoms with E-state index >= 15 is 0 Å². The van der Waals surface area contributed by atoms with Crippen molar-refractivity contribution >= 4 is 0 Å². The monoisotopic (exact) mass is 265 g/mol. The fourth-order valence-corrected chi connectivity index (χ4v) is 4.29. The van der Waals surface area contributed by atoms with E-state index in [9.17, 15) is 0 Å². The normalized spacial score (nSPS) is 36.9. The molecule has 1 N–H and O–H groups in total. The lowest BCUT2D eigenvalue weighted by molar-refractivity contribution is 0.237. The Morgan fingerprint density at radius 2 is 1.74 bits per heavy atom. The molecule has 0 heterocycles. The van der Waals surface area contributed by atoms with Crippen molar-refractivity contribution < 1.29 is 0 Å². The maximum Gasteiger partial charge on any atom is 0.00672 e. The molecule has 2 aliphatic rings. The van der Waals surface area contributed by atoms with E-state index in [1.165, 1.54) is 77.2 Å². The first-order chi connectivity index (χ1) is 9.29. The predicted octanol–water partition coefficient (Wildman–Crippen LogP) is 5.15. The quantitative estimate of drug-likeness (QED) is 0.678. The lowest BCUT2D eigenvalue weighted by atomic mass is 9.80. The number of hydrogen-bond donors (Lipinski definition) is 1. The van der Waals surface area contributed by atoms with Crippen molar-refractivity contribution in [1.29, 1.82) is 0 Å². The third-order valence-corrected chi connectivity index (χ3v) is 5.74. The van der Waals surface area contributed by atoms with Gasteiger partial charge in [-0.2, -0.15) is 0 Å². The molecular weight excluding hydrogens is 230 g/mol. The minimum absolute atomic E-state index is 0.830. The first-order valence-electron chi connectivity index (χ1n) is 9.03. The largest absolute Gasteiger partial charge is 0.314 e. The average Bonchev–Trinajstić information content (AvgIpc) is 2.64. The Labute approximate surface area is 120 Å². The van der Waals surface area contributed by atoms with Crippen LogP contribution in [0.25, 0.3) is 0 Å². The molecule has 2 fully saturated rings. The standard InChI is InChI=1S/C18H35N/c1-3-7-16-9-6-11-18(13-12-16)19-14-17-10-5-4-8-15(17)2/h15-19H,3-14H2,1-2H3. The molecule has 2 aliphatic carbocycles. The minimum atomic E-state index is 0.830. The lowest BCUT2D eigenvalue weighted by Gasteiger charge is -2.30. The van der Waals surface area contributed by atoms with Gasteiger partial charge in [-0.3, -0.25) is 0 Å². The summed E-state index contributed by atoms with van der Waals surface area (Å²) >= 11 is 0. The van der Waals surface area contributed by atoms with Crippen molar-refractivity contribution in [2.75, 3.05) is 6.54 Å². The third kappa shape index (κ3) is 5.10. The average molecular weight is 265 g/mol. The maximum absolute atomic E-state index is 3.92. The van der Waals surface area contributed by atoms with E-state index in [0.717, 1.165) is 23.8 Å². The van der Waals surface area contributed by atoms with Crippen LogP contribution >= 0.6 is 0 Å². The van der Waals surface area contributed by atoms with Gasteiger partial charge in [0.25, 0.3) is 0 Å². The molecule has 2 rings (SSSR count). The highest BCUT2D eigenvalue weighted by atomic mass is 14.9. The molecule has 4 atom stereocenters. The summed E-state index contributed by atoms with van der Waals surface area (Å²) in [4.78, 5) is 0. The van der Waals surface area contributed by atoms with Gasteiger partial charge in [0.1, 0.15) is 0 Å².